The van der Waals surface area contributed by atoms with Crippen molar-refractivity contribution in [3.63, 3.8) is 0 Å². The standard InChI is InChI=1S/C15H21NO/c1-17-13-4-2-11-3-5-14(15(11)10-13)12-6-8-16-9-7-12/h2,4,10,12,14,16H,3,5-9H2,1H3. The molecule has 0 amide bonds. The minimum Gasteiger partial charge on any atom is -0.497 e. The SMILES string of the molecule is COc1ccc2c(c1)C(C1CCNCC1)CC2. The predicted octanol–water partition coefficient (Wildman–Crippen LogP) is 2.72. The van der Waals surface area contributed by atoms with Gasteiger partial charge in [-0.15, -0.1) is 0 Å². The van der Waals surface area contributed by atoms with Crippen LogP contribution < -0.4 is 10.1 Å². The quantitative estimate of drug-likeness (QED) is 0.845. The summed E-state index contributed by atoms with van der Waals surface area (Å²) >= 11 is 0. The molecular weight excluding hydrogens is 210 g/mol. The van der Waals surface area contributed by atoms with E-state index in [-0.39, 0.29) is 0 Å². The van der Waals surface area contributed by atoms with Crippen molar-refractivity contribution in [1.29, 1.82) is 0 Å². The van der Waals surface area contributed by atoms with Crippen LogP contribution in [0, 0.1) is 5.92 Å². The second-order valence-electron chi connectivity index (χ2n) is 5.30. The van der Waals surface area contributed by atoms with Gasteiger partial charge in [-0.2, -0.15) is 0 Å². The molecule has 1 saturated heterocycles. The van der Waals surface area contributed by atoms with Crippen LogP contribution in [-0.4, -0.2) is 20.2 Å². The Hall–Kier alpha value is -1.02. The molecule has 1 aliphatic heterocycles. The molecule has 1 heterocycles. The number of aryl methyl sites for hydroxylation is 1. The molecule has 2 heteroatoms. The van der Waals surface area contributed by atoms with E-state index in [0.29, 0.717) is 0 Å². The van der Waals surface area contributed by atoms with Crippen LogP contribution in [0.4, 0.5) is 0 Å². The number of benzene rings is 1. The summed E-state index contributed by atoms with van der Waals surface area (Å²) < 4.78 is 5.36. The molecule has 0 aromatic heterocycles. The molecule has 0 bridgehead atoms. The molecule has 0 saturated carbocycles. The lowest BCUT2D eigenvalue weighted by Gasteiger charge is -2.28. The molecule has 1 unspecified atom stereocenters. The van der Waals surface area contributed by atoms with Crippen LogP contribution >= 0.6 is 0 Å². The zero-order valence-corrected chi connectivity index (χ0v) is 10.5. The van der Waals surface area contributed by atoms with Gasteiger partial charge in [0.15, 0.2) is 0 Å². The van der Waals surface area contributed by atoms with E-state index in [0.717, 1.165) is 17.6 Å². The minimum atomic E-state index is 0.780. The molecule has 3 rings (SSSR count). The third-order valence-corrected chi connectivity index (χ3v) is 4.43. The zero-order valence-electron chi connectivity index (χ0n) is 10.5. The number of hydrogen-bond acceptors (Lipinski definition) is 2. The summed E-state index contributed by atoms with van der Waals surface area (Å²) in [6.07, 6.45) is 5.27. The van der Waals surface area contributed by atoms with Crippen molar-refractivity contribution in [3.05, 3.63) is 29.3 Å². The summed E-state index contributed by atoms with van der Waals surface area (Å²) in [4.78, 5) is 0. The van der Waals surface area contributed by atoms with Gasteiger partial charge in [-0.3, -0.25) is 0 Å². The van der Waals surface area contributed by atoms with Gasteiger partial charge in [-0.1, -0.05) is 6.07 Å². The van der Waals surface area contributed by atoms with Crippen molar-refractivity contribution in [2.24, 2.45) is 5.92 Å². The van der Waals surface area contributed by atoms with Crippen LogP contribution in [0.5, 0.6) is 5.75 Å². The second-order valence-corrected chi connectivity index (χ2v) is 5.30. The predicted molar refractivity (Wildman–Crippen MR) is 69.6 cm³/mol. The smallest absolute Gasteiger partial charge is 0.119 e. The molecule has 1 aromatic rings. The van der Waals surface area contributed by atoms with Gasteiger partial charge in [0.2, 0.25) is 0 Å². The minimum absolute atomic E-state index is 0.780. The van der Waals surface area contributed by atoms with E-state index < -0.39 is 0 Å². The van der Waals surface area contributed by atoms with Crippen LogP contribution in [0.25, 0.3) is 0 Å². The first kappa shape index (κ1) is 11.1. The highest BCUT2D eigenvalue weighted by Gasteiger charge is 2.30. The maximum atomic E-state index is 5.36. The van der Waals surface area contributed by atoms with Gasteiger partial charge in [0, 0.05) is 0 Å². The number of methoxy groups -OCH3 is 1. The lowest BCUT2D eigenvalue weighted by Crippen LogP contribution is -2.30. The molecule has 1 N–H and O–H groups in total. The molecule has 1 atom stereocenters. The fraction of sp³-hybridized carbons (Fsp3) is 0.600. The van der Waals surface area contributed by atoms with Crippen molar-refractivity contribution in [3.8, 4) is 5.75 Å². The second kappa shape index (κ2) is 4.69. The normalized spacial score (nSPS) is 24.6. The van der Waals surface area contributed by atoms with E-state index >= 15 is 0 Å². The van der Waals surface area contributed by atoms with E-state index in [1.165, 1.54) is 38.8 Å². The zero-order chi connectivity index (χ0) is 11.7. The molecule has 0 spiro atoms. The number of nitrogens with one attached hydrogen (secondary N) is 1. The molecule has 2 aliphatic rings. The maximum Gasteiger partial charge on any atom is 0.119 e. The highest BCUT2D eigenvalue weighted by molar-refractivity contribution is 5.41. The van der Waals surface area contributed by atoms with Gasteiger partial charge in [0.25, 0.3) is 0 Å². The largest absolute Gasteiger partial charge is 0.497 e. The van der Waals surface area contributed by atoms with E-state index in [2.05, 4.69) is 23.5 Å². The Balaban J connectivity index is 1.85. The van der Waals surface area contributed by atoms with E-state index in [9.17, 15) is 0 Å². The molecule has 17 heavy (non-hydrogen) atoms. The van der Waals surface area contributed by atoms with Gasteiger partial charge in [0.05, 0.1) is 7.11 Å². The molecule has 2 nitrogen and oxygen atoms in total. The molecule has 0 radical (unpaired) electrons. The van der Waals surface area contributed by atoms with Gasteiger partial charge in [-0.25, -0.2) is 0 Å². The Labute approximate surface area is 103 Å². The van der Waals surface area contributed by atoms with Crippen molar-refractivity contribution in [1.82, 2.24) is 5.32 Å². The Morgan fingerprint density at radius 1 is 1.18 bits per heavy atom. The molecule has 1 fully saturated rings. The molecule has 1 aliphatic carbocycles. The van der Waals surface area contributed by atoms with E-state index in [1.807, 2.05) is 0 Å². The van der Waals surface area contributed by atoms with E-state index in [4.69, 9.17) is 4.74 Å². The molecular formula is C15H21NO. The maximum absolute atomic E-state index is 5.36. The van der Waals surface area contributed by atoms with Crippen LogP contribution in [0.3, 0.4) is 0 Å². The topological polar surface area (TPSA) is 21.3 Å². The fourth-order valence-electron chi connectivity index (χ4n) is 3.48. The molecule has 92 valence electrons. The van der Waals surface area contributed by atoms with Crippen molar-refractivity contribution >= 4 is 0 Å². The van der Waals surface area contributed by atoms with Crippen LogP contribution in [0.1, 0.15) is 36.3 Å². The summed E-state index contributed by atoms with van der Waals surface area (Å²) in [6, 6.07) is 6.63. The summed E-state index contributed by atoms with van der Waals surface area (Å²) in [5.41, 5.74) is 3.12. The van der Waals surface area contributed by atoms with Crippen molar-refractivity contribution in [2.45, 2.75) is 31.6 Å². The van der Waals surface area contributed by atoms with Crippen LogP contribution in [-0.2, 0) is 6.42 Å². The summed E-state index contributed by atoms with van der Waals surface area (Å²) in [5.74, 6) is 2.68. The number of hydrogen-bond donors (Lipinski definition) is 1. The Bertz CT molecular complexity index is 396. The Morgan fingerprint density at radius 2 is 2.00 bits per heavy atom. The highest BCUT2D eigenvalue weighted by atomic mass is 16.5. The van der Waals surface area contributed by atoms with Crippen LogP contribution in [0.15, 0.2) is 18.2 Å². The summed E-state index contributed by atoms with van der Waals surface area (Å²) in [5, 5.41) is 3.46. The highest BCUT2D eigenvalue weighted by Crippen LogP contribution is 2.42. The Kier molecular flexibility index (Phi) is 3.06. The lowest BCUT2D eigenvalue weighted by molar-refractivity contribution is 0.316. The number of piperidine rings is 1. The van der Waals surface area contributed by atoms with Crippen molar-refractivity contribution < 1.29 is 4.74 Å². The number of rotatable bonds is 2. The Morgan fingerprint density at radius 3 is 2.76 bits per heavy atom. The fourth-order valence-corrected chi connectivity index (χ4v) is 3.48. The van der Waals surface area contributed by atoms with Gasteiger partial charge >= 0.3 is 0 Å². The van der Waals surface area contributed by atoms with Gasteiger partial charge in [0.1, 0.15) is 5.75 Å². The van der Waals surface area contributed by atoms with Crippen molar-refractivity contribution in [2.75, 3.05) is 20.2 Å². The van der Waals surface area contributed by atoms with E-state index in [1.54, 1.807) is 18.2 Å². The van der Waals surface area contributed by atoms with Gasteiger partial charge < -0.3 is 10.1 Å². The first-order valence-electron chi connectivity index (χ1n) is 6.76. The van der Waals surface area contributed by atoms with Gasteiger partial charge in [-0.05, 0) is 73.9 Å². The average molecular weight is 231 g/mol. The first-order valence-corrected chi connectivity index (χ1v) is 6.76. The first-order chi connectivity index (χ1) is 8.38. The summed E-state index contributed by atoms with van der Waals surface area (Å²) in [7, 11) is 1.76. The molecule has 1 aromatic carbocycles. The van der Waals surface area contributed by atoms with Crippen LogP contribution in [0.2, 0.25) is 0 Å². The number of fused-ring (bicyclic) bond motifs is 1. The summed E-state index contributed by atoms with van der Waals surface area (Å²) in [6.45, 7) is 2.39. The lowest BCUT2D eigenvalue weighted by atomic mass is 9.81. The monoisotopic (exact) mass is 231 g/mol. The third kappa shape index (κ3) is 2.06. The number of ether oxygens (including phenoxy) is 1. The average Bonchev–Trinajstić information content (AvgIpc) is 2.82. The third-order valence-electron chi connectivity index (χ3n) is 4.43.